The molecule has 12 N–H and O–H groups in total. The number of unbranched alkanes of at least 4 members (excludes halogenated alkanes) is 14. The number of aliphatic hydroxyl groups is 11. The summed E-state index contributed by atoms with van der Waals surface area (Å²) in [6.45, 7) is 1.58. The lowest BCUT2D eigenvalue weighted by Gasteiger charge is -2.48. The lowest BCUT2D eigenvalue weighted by Crippen LogP contribution is -2.66. The first-order valence-corrected chi connectivity index (χ1v) is 26.4. The second-order valence-corrected chi connectivity index (χ2v) is 19.0. The molecule has 3 aliphatic heterocycles. The molecule has 3 heterocycles. The molecule has 0 spiro atoms. The third-order valence-electron chi connectivity index (χ3n) is 13.1. The maximum Gasteiger partial charge on any atom is 0.220 e. The highest BCUT2D eigenvalue weighted by atomic mass is 16.8. The zero-order valence-corrected chi connectivity index (χ0v) is 42.2. The number of ether oxygens (including phenoxy) is 6. The van der Waals surface area contributed by atoms with E-state index in [1.165, 1.54) is 44.9 Å². The zero-order chi connectivity index (χ0) is 52.0. The van der Waals surface area contributed by atoms with Crippen LogP contribution in [0.3, 0.4) is 0 Å². The van der Waals surface area contributed by atoms with Crippen molar-refractivity contribution in [3.8, 4) is 0 Å². The van der Waals surface area contributed by atoms with Gasteiger partial charge in [-0.15, -0.1) is 0 Å². The van der Waals surface area contributed by atoms with Gasteiger partial charge in [0.15, 0.2) is 18.9 Å². The highest BCUT2D eigenvalue weighted by Crippen LogP contribution is 2.33. The van der Waals surface area contributed by atoms with E-state index in [-0.39, 0.29) is 18.9 Å². The van der Waals surface area contributed by atoms with Crippen molar-refractivity contribution in [1.82, 2.24) is 5.32 Å². The van der Waals surface area contributed by atoms with Gasteiger partial charge in [0.1, 0.15) is 73.2 Å². The standard InChI is InChI=1S/C52H91NO18/c1-3-5-7-9-11-13-15-16-17-18-20-21-23-25-27-29-36(57)35(53-40(58)30-28-26-24-22-19-14-12-10-8-6-4-2)34-66-50-46(64)43(61)48(38(32-55)68-50)71-52-47(65)44(62)49(39(33-56)69-52)70-51-45(63)42(60)41(59)37(31-54)67-51/h10,12,15-16,20-21,27,29,35-39,41-52,54-57,59-65H,3-9,11,13-14,17-19,22-26,28,30-34H2,1-2H3,(H,53,58)/b12-10-,16-15+,21-20+,29-27+. The fourth-order valence-electron chi connectivity index (χ4n) is 8.61. The Morgan fingerprint density at radius 2 is 0.915 bits per heavy atom. The van der Waals surface area contributed by atoms with Crippen LogP contribution in [0.25, 0.3) is 0 Å². The summed E-state index contributed by atoms with van der Waals surface area (Å²) in [4.78, 5) is 13.2. The molecule has 17 atom stereocenters. The first-order valence-electron chi connectivity index (χ1n) is 26.4. The van der Waals surface area contributed by atoms with Crippen LogP contribution in [0.4, 0.5) is 0 Å². The van der Waals surface area contributed by atoms with Gasteiger partial charge in [0.2, 0.25) is 5.91 Å². The van der Waals surface area contributed by atoms with Gasteiger partial charge in [-0.05, 0) is 64.2 Å². The lowest BCUT2D eigenvalue weighted by molar-refractivity contribution is -0.379. The van der Waals surface area contributed by atoms with Crippen molar-refractivity contribution in [3.05, 3.63) is 48.6 Å². The summed E-state index contributed by atoms with van der Waals surface area (Å²) in [5.74, 6) is -0.305. The first kappa shape index (κ1) is 63.0. The van der Waals surface area contributed by atoms with Crippen molar-refractivity contribution in [2.75, 3.05) is 26.4 Å². The number of amides is 1. The van der Waals surface area contributed by atoms with E-state index in [0.717, 1.165) is 64.2 Å². The van der Waals surface area contributed by atoms with Crippen molar-refractivity contribution < 1.29 is 89.4 Å². The van der Waals surface area contributed by atoms with Gasteiger partial charge in [-0.1, -0.05) is 120 Å². The topological polar surface area (TPSA) is 307 Å². The third-order valence-corrected chi connectivity index (χ3v) is 13.1. The largest absolute Gasteiger partial charge is 0.394 e. The average Bonchev–Trinajstić information content (AvgIpc) is 3.36. The smallest absolute Gasteiger partial charge is 0.220 e. The Bertz CT molecular complexity index is 1500. The Balaban J connectivity index is 1.58. The molecule has 19 nitrogen and oxygen atoms in total. The summed E-state index contributed by atoms with van der Waals surface area (Å²) < 4.78 is 34.1. The summed E-state index contributed by atoms with van der Waals surface area (Å²) >= 11 is 0. The Morgan fingerprint density at radius 1 is 0.493 bits per heavy atom. The van der Waals surface area contributed by atoms with Gasteiger partial charge in [-0.25, -0.2) is 0 Å². The van der Waals surface area contributed by atoms with E-state index in [1.54, 1.807) is 6.08 Å². The summed E-state index contributed by atoms with van der Waals surface area (Å²) in [6.07, 6.45) is 9.75. The molecular weight excluding hydrogens is 927 g/mol. The zero-order valence-electron chi connectivity index (χ0n) is 42.2. The predicted octanol–water partition coefficient (Wildman–Crippen LogP) is 2.36. The molecule has 3 rings (SSSR count). The van der Waals surface area contributed by atoms with Crippen molar-refractivity contribution >= 4 is 5.91 Å². The van der Waals surface area contributed by atoms with E-state index in [0.29, 0.717) is 12.8 Å². The fourth-order valence-corrected chi connectivity index (χ4v) is 8.61. The molecular formula is C52H91NO18. The van der Waals surface area contributed by atoms with Crippen LogP contribution < -0.4 is 5.32 Å². The first-order chi connectivity index (χ1) is 34.3. The van der Waals surface area contributed by atoms with Crippen LogP contribution in [0, 0.1) is 0 Å². The van der Waals surface area contributed by atoms with Crippen molar-refractivity contribution in [3.63, 3.8) is 0 Å². The minimum atomic E-state index is -1.98. The van der Waals surface area contributed by atoms with E-state index in [2.05, 4.69) is 55.6 Å². The van der Waals surface area contributed by atoms with E-state index >= 15 is 0 Å². The van der Waals surface area contributed by atoms with Crippen LogP contribution >= 0.6 is 0 Å². The summed E-state index contributed by atoms with van der Waals surface area (Å²) in [5.41, 5.74) is 0. The number of nitrogens with one attached hydrogen (secondary N) is 1. The predicted molar refractivity (Wildman–Crippen MR) is 263 cm³/mol. The second kappa shape index (κ2) is 36.7. The van der Waals surface area contributed by atoms with Gasteiger partial charge >= 0.3 is 0 Å². The lowest BCUT2D eigenvalue weighted by atomic mass is 9.96. The van der Waals surface area contributed by atoms with Gasteiger partial charge < -0.3 is 89.9 Å². The Kier molecular flexibility index (Phi) is 32.5. The maximum atomic E-state index is 13.2. The number of carbonyl (C=O) groups excluding carboxylic acids is 1. The number of rotatable bonds is 36. The molecule has 71 heavy (non-hydrogen) atoms. The number of aliphatic hydroxyl groups excluding tert-OH is 11. The van der Waals surface area contributed by atoms with Crippen LogP contribution in [0.1, 0.15) is 142 Å². The minimum Gasteiger partial charge on any atom is -0.394 e. The number of allylic oxidation sites excluding steroid dienone is 7. The quantitative estimate of drug-likeness (QED) is 0.0317. The number of hydrogen-bond donors (Lipinski definition) is 12. The molecule has 19 heteroatoms. The normalized spacial score (nSPS) is 32.7. The number of hydrogen-bond acceptors (Lipinski definition) is 18. The van der Waals surface area contributed by atoms with E-state index < -0.39 is 124 Å². The van der Waals surface area contributed by atoms with Crippen LogP contribution in [-0.4, -0.2) is 193 Å². The summed E-state index contributed by atoms with van der Waals surface area (Å²) in [6, 6.07) is -0.998. The third kappa shape index (κ3) is 22.2. The Hall–Kier alpha value is -2.25. The van der Waals surface area contributed by atoms with Gasteiger partial charge in [0.25, 0.3) is 0 Å². The van der Waals surface area contributed by atoms with Gasteiger partial charge in [0.05, 0.1) is 38.6 Å². The molecule has 0 aromatic heterocycles. The van der Waals surface area contributed by atoms with E-state index in [4.69, 9.17) is 28.4 Å². The van der Waals surface area contributed by atoms with Gasteiger partial charge in [0, 0.05) is 6.42 Å². The van der Waals surface area contributed by atoms with E-state index in [1.807, 2.05) is 6.08 Å². The minimum absolute atomic E-state index is 0.219. The van der Waals surface area contributed by atoms with Crippen molar-refractivity contribution in [2.24, 2.45) is 0 Å². The van der Waals surface area contributed by atoms with Crippen LogP contribution in [0.2, 0.25) is 0 Å². The molecule has 3 saturated heterocycles. The number of carbonyl (C=O) groups is 1. The molecule has 0 aromatic rings. The van der Waals surface area contributed by atoms with Crippen molar-refractivity contribution in [1.29, 1.82) is 0 Å². The molecule has 3 aliphatic rings. The highest BCUT2D eigenvalue weighted by molar-refractivity contribution is 5.76. The Labute approximate surface area is 421 Å². The molecule has 0 bridgehead atoms. The van der Waals surface area contributed by atoms with Crippen LogP contribution in [-0.2, 0) is 33.2 Å². The average molecular weight is 1020 g/mol. The molecule has 0 radical (unpaired) electrons. The summed E-state index contributed by atoms with van der Waals surface area (Å²) in [7, 11) is 0. The highest BCUT2D eigenvalue weighted by Gasteiger charge is 2.53. The molecule has 0 aromatic carbocycles. The SMILES string of the molecule is CCCC/C=C\CCCCCCCC(=O)NC(COC1OC(CO)C(OC2OC(CO)C(OC3OC(CO)C(O)C(O)C3O)C(O)C2O)C(O)C1O)C(O)/C=C/CC/C=C/CC/C=C/CCCCCCC. The van der Waals surface area contributed by atoms with E-state index in [9.17, 15) is 61.0 Å². The Morgan fingerprint density at radius 3 is 1.45 bits per heavy atom. The van der Waals surface area contributed by atoms with Crippen LogP contribution in [0.15, 0.2) is 48.6 Å². The second-order valence-electron chi connectivity index (χ2n) is 19.0. The summed E-state index contributed by atoms with van der Waals surface area (Å²) in [5, 5.41) is 120. The molecule has 17 unspecified atom stereocenters. The molecule has 1 amide bonds. The molecule has 412 valence electrons. The molecule has 3 fully saturated rings. The fraction of sp³-hybridized carbons (Fsp3) is 0.827. The van der Waals surface area contributed by atoms with Gasteiger partial charge in [-0.3, -0.25) is 4.79 Å². The molecule has 0 saturated carbocycles. The molecule has 0 aliphatic carbocycles. The van der Waals surface area contributed by atoms with Crippen LogP contribution in [0.5, 0.6) is 0 Å². The van der Waals surface area contributed by atoms with Crippen molar-refractivity contribution in [2.45, 2.75) is 247 Å². The maximum absolute atomic E-state index is 13.2. The monoisotopic (exact) mass is 1020 g/mol. The van der Waals surface area contributed by atoms with Gasteiger partial charge in [-0.2, -0.15) is 0 Å².